The number of nitrogens with zero attached hydrogens (tertiary/aromatic N) is 1. The molecule has 0 bridgehead atoms. The molecule has 94 valence electrons. The van der Waals surface area contributed by atoms with Crippen LogP contribution in [-0.4, -0.2) is 50.2 Å². The quantitative estimate of drug-likeness (QED) is 0.458. The molecule has 0 fully saturated rings. The fourth-order valence-electron chi connectivity index (χ4n) is 1.16. The molecule has 1 amide bonds. The van der Waals surface area contributed by atoms with Crippen LogP contribution in [0.25, 0.3) is 0 Å². The van der Waals surface area contributed by atoms with Crippen molar-refractivity contribution in [2.45, 2.75) is 26.7 Å². The predicted octanol–water partition coefficient (Wildman–Crippen LogP) is 0.825. The van der Waals surface area contributed by atoms with E-state index in [1.54, 1.807) is 0 Å². The SMILES string of the molecule is CCCOCCC(=O)N(CC)CC(=O)OC. The van der Waals surface area contributed by atoms with Crippen LogP contribution in [0.5, 0.6) is 0 Å². The average molecular weight is 231 g/mol. The molecule has 0 aliphatic rings. The van der Waals surface area contributed by atoms with E-state index in [-0.39, 0.29) is 12.5 Å². The largest absolute Gasteiger partial charge is 0.468 e. The summed E-state index contributed by atoms with van der Waals surface area (Å²) < 4.78 is 9.73. The molecule has 0 unspecified atom stereocenters. The highest BCUT2D eigenvalue weighted by Gasteiger charge is 2.15. The molecule has 0 aromatic rings. The van der Waals surface area contributed by atoms with Gasteiger partial charge in [0, 0.05) is 13.2 Å². The van der Waals surface area contributed by atoms with E-state index >= 15 is 0 Å². The van der Waals surface area contributed by atoms with Gasteiger partial charge in [0.05, 0.1) is 20.1 Å². The summed E-state index contributed by atoms with van der Waals surface area (Å²) in [5.41, 5.74) is 0. The van der Waals surface area contributed by atoms with Crippen molar-refractivity contribution in [3.8, 4) is 0 Å². The minimum Gasteiger partial charge on any atom is -0.468 e. The van der Waals surface area contributed by atoms with Gasteiger partial charge in [0.2, 0.25) is 5.91 Å². The van der Waals surface area contributed by atoms with Crippen LogP contribution in [0.1, 0.15) is 26.7 Å². The monoisotopic (exact) mass is 231 g/mol. The zero-order chi connectivity index (χ0) is 12.4. The average Bonchev–Trinajstić information content (AvgIpc) is 2.30. The Balaban J connectivity index is 3.87. The number of amides is 1. The van der Waals surface area contributed by atoms with Crippen molar-refractivity contribution < 1.29 is 19.1 Å². The Morgan fingerprint density at radius 2 is 1.88 bits per heavy atom. The summed E-state index contributed by atoms with van der Waals surface area (Å²) in [5, 5.41) is 0. The van der Waals surface area contributed by atoms with Gasteiger partial charge >= 0.3 is 5.97 Å². The second-order valence-corrected chi connectivity index (χ2v) is 3.35. The summed E-state index contributed by atoms with van der Waals surface area (Å²) in [5.74, 6) is -0.478. The van der Waals surface area contributed by atoms with E-state index in [0.717, 1.165) is 6.42 Å². The normalized spacial score (nSPS) is 9.94. The lowest BCUT2D eigenvalue weighted by Gasteiger charge is -2.19. The molecule has 0 aromatic carbocycles. The Morgan fingerprint density at radius 3 is 2.38 bits per heavy atom. The van der Waals surface area contributed by atoms with Gasteiger partial charge in [-0.2, -0.15) is 0 Å². The van der Waals surface area contributed by atoms with E-state index in [1.807, 2.05) is 13.8 Å². The molecular weight excluding hydrogens is 210 g/mol. The fourth-order valence-corrected chi connectivity index (χ4v) is 1.16. The van der Waals surface area contributed by atoms with Crippen LogP contribution in [0.15, 0.2) is 0 Å². The molecule has 5 heteroatoms. The van der Waals surface area contributed by atoms with Crippen LogP contribution < -0.4 is 0 Å². The lowest BCUT2D eigenvalue weighted by atomic mass is 10.3. The molecule has 5 nitrogen and oxygen atoms in total. The number of likely N-dealkylation sites (N-methyl/N-ethyl adjacent to an activating group) is 1. The van der Waals surface area contributed by atoms with Crippen LogP contribution in [-0.2, 0) is 19.1 Å². The summed E-state index contributed by atoms with van der Waals surface area (Å²) >= 11 is 0. The Labute approximate surface area is 96.7 Å². The molecule has 0 aliphatic heterocycles. The van der Waals surface area contributed by atoms with Gasteiger partial charge in [-0.3, -0.25) is 9.59 Å². The third-order valence-corrected chi connectivity index (χ3v) is 2.09. The Bertz CT molecular complexity index is 218. The maximum Gasteiger partial charge on any atom is 0.325 e. The third-order valence-electron chi connectivity index (χ3n) is 2.09. The molecule has 0 radical (unpaired) electrons. The molecule has 0 aromatic heterocycles. The zero-order valence-electron chi connectivity index (χ0n) is 10.3. The number of carbonyl (C=O) groups is 2. The second kappa shape index (κ2) is 9.15. The van der Waals surface area contributed by atoms with Gasteiger partial charge in [-0.05, 0) is 13.3 Å². The number of methoxy groups -OCH3 is 1. The maximum atomic E-state index is 11.6. The summed E-state index contributed by atoms with van der Waals surface area (Å²) in [7, 11) is 1.31. The zero-order valence-corrected chi connectivity index (χ0v) is 10.3. The van der Waals surface area contributed by atoms with E-state index in [1.165, 1.54) is 12.0 Å². The fraction of sp³-hybridized carbons (Fsp3) is 0.818. The predicted molar refractivity (Wildman–Crippen MR) is 60.0 cm³/mol. The highest BCUT2D eigenvalue weighted by molar-refractivity contribution is 5.82. The first-order valence-corrected chi connectivity index (χ1v) is 5.58. The van der Waals surface area contributed by atoms with Gasteiger partial charge in [-0.15, -0.1) is 0 Å². The van der Waals surface area contributed by atoms with Gasteiger partial charge < -0.3 is 14.4 Å². The summed E-state index contributed by atoms with van der Waals surface area (Å²) in [4.78, 5) is 24.1. The van der Waals surface area contributed by atoms with Gasteiger partial charge in [0.15, 0.2) is 0 Å². The summed E-state index contributed by atoms with van der Waals surface area (Å²) in [6, 6.07) is 0. The van der Waals surface area contributed by atoms with Crippen molar-refractivity contribution in [1.29, 1.82) is 0 Å². The van der Waals surface area contributed by atoms with Crippen LogP contribution in [0.4, 0.5) is 0 Å². The molecule has 0 heterocycles. The van der Waals surface area contributed by atoms with Crippen molar-refractivity contribution in [1.82, 2.24) is 4.90 Å². The number of hydrogen-bond acceptors (Lipinski definition) is 4. The first kappa shape index (κ1) is 14.9. The van der Waals surface area contributed by atoms with Crippen molar-refractivity contribution >= 4 is 11.9 Å². The first-order valence-electron chi connectivity index (χ1n) is 5.58. The Kier molecular flexibility index (Phi) is 8.52. The van der Waals surface area contributed by atoms with Gasteiger partial charge in [0.1, 0.15) is 6.54 Å². The van der Waals surface area contributed by atoms with Crippen molar-refractivity contribution in [3.63, 3.8) is 0 Å². The van der Waals surface area contributed by atoms with Crippen LogP contribution in [0, 0.1) is 0 Å². The van der Waals surface area contributed by atoms with Gasteiger partial charge in [-0.25, -0.2) is 0 Å². The first-order chi connectivity index (χ1) is 7.65. The van der Waals surface area contributed by atoms with E-state index in [0.29, 0.717) is 26.2 Å². The van der Waals surface area contributed by atoms with E-state index < -0.39 is 5.97 Å². The van der Waals surface area contributed by atoms with Crippen LogP contribution in [0.3, 0.4) is 0 Å². The molecule has 16 heavy (non-hydrogen) atoms. The number of hydrogen-bond donors (Lipinski definition) is 0. The molecule has 0 aliphatic carbocycles. The second-order valence-electron chi connectivity index (χ2n) is 3.35. The van der Waals surface area contributed by atoms with Gasteiger partial charge in [0.25, 0.3) is 0 Å². The summed E-state index contributed by atoms with van der Waals surface area (Å²) in [6.07, 6.45) is 1.25. The lowest BCUT2D eigenvalue weighted by Crippen LogP contribution is -2.36. The number of carbonyl (C=O) groups excluding carboxylic acids is 2. The minimum atomic E-state index is -0.398. The molecular formula is C11H21NO4. The smallest absolute Gasteiger partial charge is 0.325 e. The molecule has 0 saturated carbocycles. The van der Waals surface area contributed by atoms with Crippen LogP contribution >= 0.6 is 0 Å². The molecule has 0 saturated heterocycles. The molecule has 0 spiro atoms. The van der Waals surface area contributed by atoms with Crippen molar-refractivity contribution in [2.75, 3.05) is 33.4 Å². The van der Waals surface area contributed by atoms with Gasteiger partial charge in [-0.1, -0.05) is 6.92 Å². The van der Waals surface area contributed by atoms with Crippen LogP contribution in [0.2, 0.25) is 0 Å². The number of esters is 1. The number of rotatable bonds is 8. The van der Waals surface area contributed by atoms with E-state index in [4.69, 9.17) is 4.74 Å². The van der Waals surface area contributed by atoms with Crippen molar-refractivity contribution in [3.05, 3.63) is 0 Å². The standard InChI is InChI=1S/C11H21NO4/c1-4-7-16-8-6-10(13)12(5-2)9-11(14)15-3/h4-9H2,1-3H3. The highest BCUT2D eigenvalue weighted by Crippen LogP contribution is 1.96. The number of ether oxygens (including phenoxy) is 2. The Hall–Kier alpha value is -1.10. The Morgan fingerprint density at radius 1 is 1.19 bits per heavy atom. The topological polar surface area (TPSA) is 55.8 Å². The molecule has 0 rings (SSSR count). The third kappa shape index (κ3) is 6.40. The van der Waals surface area contributed by atoms with E-state index in [2.05, 4.69) is 4.74 Å². The molecule has 0 N–H and O–H groups in total. The summed E-state index contributed by atoms with van der Waals surface area (Å²) in [6.45, 7) is 5.42. The van der Waals surface area contributed by atoms with Crippen molar-refractivity contribution in [2.24, 2.45) is 0 Å². The van der Waals surface area contributed by atoms with E-state index in [9.17, 15) is 9.59 Å². The minimum absolute atomic E-state index is 0.0135. The maximum absolute atomic E-state index is 11.6. The highest BCUT2D eigenvalue weighted by atomic mass is 16.5. The molecule has 0 atom stereocenters. The lowest BCUT2D eigenvalue weighted by molar-refractivity contribution is -0.147.